The minimum Gasteiger partial charge on any atom is -0.348 e. The average Bonchev–Trinajstić information content (AvgIpc) is 3.03. The molecule has 6 rings (SSSR count). The second-order valence-corrected chi connectivity index (χ2v) is 11.1. The summed E-state index contributed by atoms with van der Waals surface area (Å²) in [5.74, 6) is 0.443. The van der Waals surface area contributed by atoms with Gasteiger partial charge in [-0.15, -0.1) is 0 Å². The Labute approximate surface area is 259 Å². The Hall–Kier alpha value is -4.66. The highest BCUT2D eigenvalue weighted by molar-refractivity contribution is 6.36. The summed E-state index contributed by atoms with van der Waals surface area (Å²) < 4.78 is 1.59. The molecule has 0 aliphatic carbocycles. The van der Waals surface area contributed by atoms with Gasteiger partial charge in [-0.1, -0.05) is 77.8 Å². The van der Waals surface area contributed by atoms with Crippen molar-refractivity contribution in [1.29, 1.82) is 0 Å². The van der Waals surface area contributed by atoms with Crippen LogP contribution in [0.15, 0.2) is 108 Å². The zero-order chi connectivity index (χ0) is 29.8. The molecule has 1 unspecified atom stereocenters. The first-order chi connectivity index (χ1) is 21.0. The number of urea groups is 1. The number of hydrogen-bond acceptors (Lipinski definition) is 5. The molecule has 1 aliphatic rings. The van der Waals surface area contributed by atoms with Crippen molar-refractivity contribution >= 4 is 40.9 Å². The van der Waals surface area contributed by atoms with Crippen LogP contribution in [0, 0.1) is 0 Å². The van der Waals surface area contributed by atoms with E-state index in [0.29, 0.717) is 58.0 Å². The van der Waals surface area contributed by atoms with Gasteiger partial charge < -0.3 is 15.5 Å². The van der Waals surface area contributed by atoms with E-state index in [1.165, 1.54) is 0 Å². The number of aromatic nitrogens is 3. The topological polar surface area (TPSA) is 92.2 Å². The maximum Gasteiger partial charge on any atom is 0.322 e. The summed E-state index contributed by atoms with van der Waals surface area (Å²) in [5.41, 5.74) is 4.14. The molecule has 10 heteroatoms. The lowest BCUT2D eigenvalue weighted by atomic mass is 10.00. The molecular formula is C33H28Cl2N6O2. The zero-order valence-corrected chi connectivity index (χ0v) is 24.6. The maximum absolute atomic E-state index is 14.2. The Balaban J connectivity index is 1.36. The molecule has 216 valence electrons. The first-order valence-electron chi connectivity index (χ1n) is 13.9. The maximum atomic E-state index is 14.2. The van der Waals surface area contributed by atoms with Gasteiger partial charge in [0.2, 0.25) is 5.95 Å². The van der Waals surface area contributed by atoms with Gasteiger partial charge in [-0.25, -0.2) is 14.3 Å². The fourth-order valence-electron chi connectivity index (χ4n) is 5.20. The molecule has 0 saturated carbocycles. The second-order valence-electron chi connectivity index (χ2n) is 10.2. The Bertz CT molecular complexity index is 1800. The second kappa shape index (κ2) is 12.7. The summed E-state index contributed by atoms with van der Waals surface area (Å²) in [7, 11) is 0. The summed E-state index contributed by atoms with van der Waals surface area (Å²) in [6, 6.07) is 27.8. The van der Waals surface area contributed by atoms with E-state index in [-0.39, 0.29) is 24.2 Å². The van der Waals surface area contributed by atoms with Gasteiger partial charge in [0.25, 0.3) is 5.56 Å². The molecule has 0 fully saturated rings. The Morgan fingerprint density at radius 2 is 1.72 bits per heavy atom. The summed E-state index contributed by atoms with van der Waals surface area (Å²) in [4.78, 5) is 38.3. The molecule has 3 aromatic carbocycles. The van der Waals surface area contributed by atoms with E-state index in [9.17, 15) is 9.59 Å². The molecule has 2 aromatic heterocycles. The molecular weight excluding hydrogens is 583 g/mol. The van der Waals surface area contributed by atoms with E-state index in [2.05, 4.69) is 27.8 Å². The zero-order valence-electron chi connectivity index (χ0n) is 23.1. The number of nitrogens with zero attached hydrogens (tertiary/aromatic N) is 4. The van der Waals surface area contributed by atoms with E-state index in [0.717, 1.165) is 11.1 Å². The highest BCUT2D eigenvalue weighted by Gasteiger charge is 2.28. The van der Waals surface area contributed by atoms with Gasteiger partial charge in [-0.3, -0.25) is 9.78 Å². The highest BCUT2D eigenvalue weighted by Crippen LogP contribution is 2.28. The predicted molar refractivity (Wildman–Crippen MR) is 170 cm³/mol. The van der Waals surface area contributed by atoms with Crippen LogP contribution in [0.5, 0.6) is 0 Å². The van der Waals surface area contributed by atoms with E-state index in [4.69, 9.17) is 28.2 Å². The van der Waals surface area contributed by atoms with Crippen LogP contribution in [0.2, 0.25) is 10.0 Å². The number of benzene rings is 3. The monoisotopic (exact) mass is 610 g/mol. The third-order valence-corrected chi connectivity index (χ3v) is 7.92. The van der Waals surface area contributed by atoms with E-state index >= 15 is 0 Å². The molecule has 0 spiro atoms. The van der Waals surface area contributed by atoms with E-state index in [1.807, 2.05) is 66.9 Å². The lowest BCUT2D eigenvalue weighted by Crippen LogP contribution is -2.43. The number of para-hydroxylation sites is 1. The molecule has 8 nitrogen and oxygen atoms in total. The largest absolute Gasteiger partial charge is 0.348 e. The Kier molecular flexibility index (Phi) is 8.40. The number of rotatable bonds is 7. The number of amides is 2. The van der Waals surface area contributed by atoms with Crippen LogP contribution in [-0.2, 0) is 19.4 Å². The molecule has 5 aromatic rings. The van der Waals surface area contributed by atoms with Crippen molar-refractivity contribution in [3.8, 4) is 5.69 Å². The number of pyridine rings is 1. The first-order valence-corrected chi connectivity index (χ1v) is 14.6. The van der Waals surface area contributed by atoms with Crippen molar-refractivity contribution in [3.63, 3.8) is 0 Å². The molecule has 1 atom stereocenters. The van der Waals surface area contributed by atoms with E-state index < -0.39 is 0 Å². The van der Waals surface area contributed by atoms with Crippen LogP contribution < -0.4 is 16.2 Å². The fourth-order valence-corrected chi connectivity index (χ4v) is 5.65. The minimum atomic E-state index is -0.358. The molecule has 1 aliphatic heterocycles. The van der Waals surface area contributed by atoms with Gasteiger partial charge in [0.1, 0.15) is 0 Å². The average molecular weight is 612 g/mol. The van der Waals surface area contributed by atoms with Crippen LogP contribution in [0.3, 0.4) is 0 Å². The molecule has 3 heterocycles. The molecule has 0 saturated heterocycles. The summed E-state index contributed by atoms with van der Waals surface area (Å²) >= 11 is 12.3. The Morgan fingerprint density at radius 1 is 0.953 bits per heavy atom. The van der Waals surface area contributed by atoms with Gasteiger partial charge in [-0.2, -0.15) is 0 Å². The van der Waals surface area contributed by atoms with Crippen molar-refractivity contribution in [2.45, 2.75) is 25.4 Å². The number of carbonyl (C=O) groups is 1. The van der Waals surface area contributed by atoms with Crippen LogP contribution >= 0.6 is 23.2 Å². The SMILES string of the molecule is O=C(Nc1ccc(Cl)cc1Cl)N1CCc2nc(NC(Cc3cccnc3)c3ccccc3)n(-c3ccccc3)c(=O)c2C1. The lowest BCUT2D eigenvalue weighted by molar-refractivity contribution is 0.205. The van der Waals surface area contributed by atoms with Crippen molar-refractivity contribution < 1.29 is 4.79 Å². The quantitative estimate of drug-likeness (QED) is 0.209. The molecule has 0 radical (unpaired) electrons. The van der Waals surface area contributed by atoms with Crippen LogP contribution in [0.1, 0.15) is 28.4 Å². The fraction of sp³-hybridized carbons (Fsp3) is 0.152. The predicted octanol–water partition coefficient (Wildman–Crippen LogP) is 6.92. The molecule has 43 heavy (non-hydrogen) atoms. The highest BCUT2D eigenvalue weighted by atomic mass is 35.5. The molecule has 2 amide bonds. The number of hydrogen-bond donors (Lipinski definition) is 2. The van der Waals surface area contributed by atoms with Crippen molar-refractivity contribution in [2.75, 3.05) is 17.2 Å². The first kappa shape index (κ1) is 28.5. The summed E-state index contributed by atoms with van der Waals surface area (Å²) in [5, 5.41) is 7.23. The Morgan fingerprint density at radius 3 is 2.44 bits per heavy atom. The normalized spacial score (nSPS) is 13.2. The van der Waals surface area contributed by atoms with Crippen LogP contribution in [-0.4, -0.2) is 32.0 Å². The summed E-state index contributed by atoms with van der Waals surface area (Å²) in [6.07, 6.45) is 4.66. The van der Waals surface area contributed by atoms with Gasteiger partial charge in [0.15, 0.2) is 0 Å². The van der Waals surface area contributed by atoms with Gasteiger partial charge in [0.05, 0.1) is 40.2 Å². The van der Waals surface area contributed by atoms with Gasteiger partial charge in [-0.05, 0) is 53.9 Å². The number of fused-ring (bicyclic) bond motifs is 1. The molecule has 2 N–H and O–H groups in total. The third kappa shape index (κ3) is 6.40. The molecule has 0 bridgehead atoms. The van der Waals surface area contributed by atoms with Crippen molar-refractivity contribution in [2.24, 2.45) is 0 Å². The summed E-state index contributed by atoms with van der Waals surface area (Å²) in [6.45, 7) is 0.506. The van der Waals surface area contributed by atoms with Gasteiger partial charge >= 0.3 is 6.03 Å². The smallest absolute Gasteiger partial charge is 0.322 e. The van der Waals surface area contributed by atoms with Gasteiger partial charge in [0, 0.05) is 30.4 Å². The van der Waals surface area contributed by atoms with E-state index in [1.54, 1.807) is 33.9 Å². The van der Waals surface area contributed by atoms with Crippen molar-refractivity contribution in [1.82, 2.24) is 19.4 Å². The number of nitrogens with one attached hydrogen (secondary N) is 2. The third-order valence-electron chi connectivity index (χ3n) is 7.37. The van der Waals surface area contributed by atoms with Crippen molar-refractivity contribution in [3.05, 3.63) is 146 Å². The number of halogens is 2. The van der Waals surface area contributed by atoms with Crippen LogP contribution in [0.4, 0.5) is 16.4 Å². The minimum absolute atomic E-state index is 0.114. The van der Waals surface area contributed by atoms with Crippen LogP contribution in [0.25, 0.3) is 5.69 Å². The standard InChI is InChI=1S/C33H28Cl2N6O2/c34-24-13-14-29(27(35)19-24)39-33(43)40-17-15-28-26(21-40)31(42)41(25-11-5-2-6-12-25)32(37-28)38-30(23-9-3-1-4-10-23)18-22-8-7-16-36-20-22/h1-14,16,19-20,30H,15,17-18,21H2,(H,37,38)(H,39,43). The number of carbonyl (C=O) groups excluding carboxylic acids is 1. The number of anilines is 2. The lowest BCUT2D eigenvalue weighted by Gasteiger charge is -2.30.